The fourth-order valence-electron chi connectivity index (χ4n) is 2.13. The van der Waals surface area contributed by atoms with E-state index < -0.39 is 0 Å². The van der Waals surface area contributed by atoms with E-state index in [1.807, 2.05) is 67.6 Å². The second kappa shape index (κ2) is 6.71. The van der Waals surface area contributed by atoms with Crippen LogP contribution in [0, 0.1) is 5.92 Å². The number of anilines is 2. The lowest BCUT2D eigenvalue weighted by molar-refractivity contribution is -0.121. The van der Waals surface area contributed by atoms with Crippen molar-refractivity contribution >= 4 is 17.3 Å². The third-order valence-electron chi connectivity index (χ3n) is 3.19. The van der Waals surface area contributed by atoms with Crippen LogP contribution in [-0.2, 0) is 4.79 Å². The summed E-state index contributed by atoms with van der Waals surface area (Å²) in [7, 11) is 0. The summed E-state index contributed by atoms with van der Waals surface area (Å²) in [6, 6.07) is 19.5. The average molecular weight is 265 g/mol. The predicted octanol–water partition coefficient (Wildman–Crippen LogP) is 4.56. The van der Waals surface area contributed by atoms with Crippen LogP contribution in [0.2, 0.25) is 0 Å². The first-order chi connectivity index (χ1) is 9.74. The van der Waals surface area contributed by atoms with Gasteiger partial charge in [0.25, 0.3) is 0 Å². The Morgan fingerprint density at radius 1 is 1.05 bits per heavy atom. The number of nitrogens with zero attached hydrogens (tertiary/aromatic N) is 1. The lowest BCUT2D eigenvalue weighted by Crippen LogP contribution is -2.30. The van der Waals surface area contributed by atoms with Crippen molar-refractivity contribution in [3.63, 3.8) is 0 Å². The number of para-hydroxylation sites is 2. The largest absolute Gasteiger partial charge is 0.281 e. The molecule has 0 N–H and O–H groups in total. The molecule has 20 heavy (non-hydrogen) atoms. The maximum atomic E-state index is 12.7. The smallest absolute Gasteiger partial charge is 0.234 e. The van der Waals surface area contributed by atoms with Gasteiger partial charge in [-0.15, -0.1) is 6.58 Å². The maximum absolute atomic E-state index is 12.7. The van der Waals surface area contributed by atoms with Gasteiger partial charge in [0, 0.05) is 17.3 Å². The summed E-state index contributed by atoms with van der Waals surface area (Å²) in [5, 5.41) is 0. The highest BCUT2D eigenvalue weighted by atomic mass is 16.2. The first-order valence-electron chi connectivity index (χ1n) is 6.79. The fourth-order valence-corrected chi connectivity index (χ4v) is 2.13. The molecule has 0 saturated heterocycles. The van der Waals surface area contributed by atoms with E-state index in [9.17, 15) is 4.79 Å². The molecule has 0 bridgehead atoms. The average Bonchev–Trinajstić information content (AvgIpc) is 2.50. The summed E-state index contributed by atoms with van der Waals surface area (Å²) in [6.07, 6.45) is 2.46. The zero-order valence-corrected chi connectivity index (χ0v) is 11.7. The van der Waals surface area contributed by atoms with E-state index in [0.717, 1.165) is 11.4 Å². The summed E-state index contributed by atoms with van der Waals surface area (Å²) >= 11 is 0. The van der Waals surface area contributed by atoms with E-state index in [2.05, 4.69) is 6.58 Å². The number of allylic oxidation sites excluding steroid dienone is 1. The topological polar surface area (TPSA) is 20.3 Å². The summed E-state index contributed by atoms with van der Waals surface area (Å²) in [4.78, 5) is 14.5. The van der Waals surface area contributed by atoms with Crippen LogP contribution in [-0.4, -0.2) is 5.91 Å². The van der Waals surface area contributed by atoms with Gasteiger partial charge >= 0.3 is 0 Å². The lowest BCUT2D eigenvalue weighted by atomic mass is 10.1. The second-order valence-electron chi connectivity index (χ2n) is 4.77. The van der Waals surface area contributed by atoms with Crippen molar-refractivity contribution < 1.29 is 4.79 Å². The van der Waals surface area contributed by atoms with Crippen molar-refractivity contribution in [3.8, 4) is 0 Å². The fraction of sp³-hybridized carbons (Fsp3) is 0.167. The molecule has 2 aromatic rings. The van der Waals surface area contributed by atoms with E-state index in [1.54, 1.807) is 11.0 Å². The highest BCUT2D eigenvalue weighted by Gasteiger charge is 2.22. The summed E-state index contributed by atoms with van der Waals surface area (Å²) in [6.45, 7) is 5.65. The van der Waals surface area contributed by atoms with Crippen molar-refractivity contribution in [2.45, 2.75) is 13.3 Å². The molecule has 0 unspecified atom stereocenters. The molecule has 0 heterocycles. The Bertz CT molecular complexity index is 523. The van der Waals surface area contributed by atoms with Crippen molar-refractivity contribution in [2.75, 3.05) is 4.90 Å². The van der Waals surface area contributed by atoms with E-state index >= 15 is 0 Å². The molecule has 0 aliphatic heterocycles. The minimum Gasteiger partial charge on any atom is -0.281 e. The number of carbonyl (C=O) groups excluding carboxylic acids is 1. The van der Waals surface area contributed by atoms with Gasteiger partial charge in [0.15, 0.2) is 0 Å². The molecule has 1 amide bonds. The Morgan fingerprint density at radius 3 is 1.90 bits per heavy atom. The van der Waals surface area contributed by atoms with Crippen LogP contribution in [0.4, 0.5) is 11.4 Å². The van der Waals surface area contributed by atoms with Crippen LogP contribution in [0.15, 0.2) is 73.3 Å². The molecule has 2 aromatic carbocycles. The zero-order valence-electron chi connectivity index (χ0n) is 11.7. The molecule has 0 saturated carbocycles. The molecule has 0 radical (unpaired) electrons. The molecule has 0 fully saturated rings. The van der Waals surface area contributed by atoms with Crippen molar-refractivity contribution in [3.05, 3.63) is 73.3 Å². The summed E-state index contributed by atoms with van der Waals surface area (Å²) < 4.78 is 0. The Morgan fingerprint density at radius 2 is 1.50 bits per heavy atom. The Labute approximate surface area is 120 Å². The second-order valence-corrected chi connectivity index (χ2v) is 4.77. The third kappa shape index (κ3) is 3.15. The number of hydrogen-bond acceptors (Lipinski definition) is 1. The van der Waals surface area contributed by atoms with Gasteiger partial charge in [-0.3, -0.25) is 9.69 Å². The molecule has 0 aromatic heterocycles. The highest BCUT2D eigenvalue weighted by Crippen LogP contribution is 2.27. The molecule has 0 aliphatic rings. The highest BCUT2D eigenvalue weighted by molar-refractivity contribution is 6.01. The monoisotopic (exact) mass is 265 g/mol. The van der Waals surface area contributed by atoms with E-state index in [-0.39, 0.29) is 11.8 Å². The van der Waals surface area contributed by atoms with Gasteiger partial charge < -0.3 is 0 Å². The number of carbonyl (C=O) groups is 1. The van der Waals surface area contributed by atoms with Gasteiger partial charge in [0.05, 0.1) is 0 Å². The van der Waals surface area contributed by atoms with Crippen LogP contribution in [0.5, 0.6) is 0 Å². The van der Waals surface area contributed by atoms with Gasteiger partial charge in [-0.1, -0.05) is 49.4 Å². The lowest BCUT2D eigenvalue weighted by Gasteiger charge is -2.25. The minimum atomic E-state index is -0.0899. The predicted molar refractivity (Wildman–Crippen MR) is 84.0 cm³/mol. The van der Waals surface area contributed by atoms with Crippen LogP contribution in [0.25, 0.3) is 0 Å². The number of hydrogen-bond donors (Lipinski definition) is 0. The quantitative estimate of drug-likeness (QED) is 0.725. The SMILES string of the molecule is C=CC[C@@H](C)C(=O)N(c1ccccc1)c1ccccc1. The van der Waals surface area contributed by atoms with Gasteiger partial charge in [-0.25, -0.2) is 0 Å². The summed E-state index contributed by atoms with van der Waals surface area (Å²) in [5.41, 5.74) is 1.78. The van der Waals surface area contributed by atoms with Crippen molar-refractivity contribution in [1.82, 2.24) is 0 Å². The van der Waals surface area contributed by atoms with Crippen LogP contribution < -0.4 is 4.90 Å². The van der Waals surface area contributed by atoms with Crippen LogP contribution in [0.3, 0.4) is 0 Å². The van der Waals surface area contributed by atoms with Gasteiger partial charge in [0.2, 0.25) is 5.91 Å². The zero-order chi connectivity index (χ0) is 14.4. The Hall–Kier alpha value is -2.35. The number of benzene rings is 2. The number of amides is 1. The van der Waals surface area contributed by atoms with Gasteiger partial charge in [-0.05, 0) is 30.7 Å². The molecule has 1 atom stereocenters. The maximum Gasteiger partial charge on any atom is 0.234 e. The molecule has 2 heteroatoms. The molecule has 2 nitrogen and oxygen atoms in total. The van der Waals surface area contributed by atoms with E-state index in [4.69, 9.17) is 0 Å². The van der Waals surface area contributed by atoms with Crippen LogP contribution in [0.1, 0.15) is 13.3 Å². The van der Waals surface area contributed by atoms with Gasteiger partial charge in [-0.2, -0.15) is 0 Å². The standard InChI is InChI=1S/C18H19NO/c1-3-10-15(2)18(20)19(16-11-6-4-7-12-16)17-13-8-5-9-14-17/h3-9,11-15H,1,10H2,2H3/t15-/m1/s1. The molecule has 0 spiro atoms. The number of rotatable bonds is 5. The normalized spacial score (nSPS) is 11.7. The molecule has 102 valence electrons. The van der Waals surface area contributed by atoms with E-state index in [1.165, 1.54) is 0 Å². The van der Waals surface area contributed by atoms with E-state index in [0.29, 0.717) is 6.42 Å². The van der Waals surface area contributed by atoms with Crippen molar-refractivity contribution in [1.29, 1.82) is 0 Å². The Kier molecular flexibility index (Phi) is 4.72. The minimum absolute atomic E-state index is 0.0855. The molecular weight excluding hydrogens is 246 g/mol. The van der Waals surface area contributed by atoms with Crippen molar-refractivity contribution in [2.24, 2.45) is 5.92 Å². The molecule has 0 aliphatic carbocycles. The van der Waals surface area contributed by atoms with Gasteiger partial charge in [0.1, 0.15) is 0 Å². The van der Waals surface area contributed by atoms with Crippen LogP contribution >= 0.6 is 0 Å². The molecule has 2 rings (SSSR count). The molecular formula is C18H19NO. The Balaban J connectivity index is 2.40. The first-order valence-corrected chi connectivity index (χ1v) is 6.79. The third-order valence-corrected chi connectivity index (χ3v) is 3.19. The first kappa shape index (κ1) is 14.1. The summed E-state index contributed by atoms with van der Waals surface area (Å²) in [5.74, 6) is -0.00443.